The molecule has 1 heterocycles. The third-order valence-corrected chi connectivity index (χ3v) is 7.15. The average molecular weight is 222 g/mol. The van der Waals surface area contributed by atoms with E-state index in [0.29, 0.717) is 0 Å². The first kappa shape index (κ1) is 9.96. The maximum Gasteiger partial charge on any atom is 0.00483 e. The lowest BCUT2D eigenvalue weighted by Gasteiger charge is -1.94. The Bertz CT molecular complexity index is 125. The minimum absolute atomic E-state index is 1.22. The second-order valence-corrected chi connectivity index (χ2v) is 7.88. The van der Waals surface area contributed by atoms with Gasteiger partial charge in [0.2, 0.25) is 0 Å². The van der Waals surface area contributed by atoms with Crippen molar-refractivity contribution < 1.29 is 0 Å². The fourth-order valence-corrected chi connectivity index (χ4v) is 5.92. The number of hydrogen-bond donors (Lipinski definition) is 0. The molecule has 0 spiro atoms. The highest BCUT2D eigenvalue weighted by Gasteiger charge is 1.91. The molecule has 0 atom stereocenters. The largest absolute Gasteiger partial charge is 0.0845 e. The third-order valence-electron chi connectivity index (χ3n) is 1.09. The average Bonchev–Trinajstić information content (AvgIpc) is 2.08. The molecule has 0 aliphatic carbocycles. The summed E-state index contributed by atoms with van der Waals surface area (Å²) in [6.45, 7) is 0. The highest BCUT2D eigenvalue weighted by Crippen LogP contribution is 2.43. The molecule has 0 N–H and O–H groups in total. The van der Waals surface area contributed by atoms with Crippen LogP contribution in [-0.4, -0.2) is 5.75 Å². The van der Waals surface area contributed by atoms with Gasteiger partial charge in [-0.05, 0) is 37.9 Å². The van der Waals surface area contributed by atoms with Gasteiger partial charge in [-0.25, -0.2) is 0 Å². The zero-order valence-electron chi connectivity index (χ0n) is 6.06. The molecular weight excluding hydrogens is 212 g/mol. The van der Waals surface area contributed by atoms with Crippen LogP contribution < -0.4 is 0 Å². The lowest BCUT2D eigenvalue weighted by molar-refractivity contribution is 0.975. The molecule has 0 nitrogen and oxygen atoms in total. The van der Waals surface area contributed by atoms with Crippen LogP contribution in [0.1, 0.15) is 12.8 Å². The smallest absolute Gasteiger partial charge is 0.00483 e. The molecular formula is C7H10S4. The van der Waals surface area contributed by atoms with Crippen LogP contribution in [0.25, 0.3) is 0 Å². The van der Waals surface area contributed by atoms with E-state index in [1.807, 2.05) is 30.4 Å². The fourth-order valence-electron chi connectivity index (χ4n) is 0.605. The highest BCUT2D eigenvalue weighted by atomic mass is 33.7. The van der Waals surface area contributed by atoms with Crippen molar-refractivity contribution in [2.45, 2.75) is 12.8 Å². The van der Waals surface area contributed by atoms with E-state index in [4.69, 9.17) is 0 Å². The van der Waals surface area contributed by atoms with Crippen molar-refractivity contribution >= 4 is 41.2 Å². The van der Waals surface area contributed by atoms with E-state index < -0.39 is 0 Å². The van der Waals surface area contributed by atoms with Crippen LogP contribution in [0.2, 0.25) is 0 Å². The predicted octanol–water partition coefficient (Wildman–Crippen LogP) is 4.53. The van der Waals surface area contributed by atoms with E-state index in [1.54, 1.807) is 10.8 Å². The lowest BCUT2D eigenvalue weighted by Crippen LogP contribution is -1.72. The van der Waals surface area contributed by atoms with Crippen LogP contribution in [0.5, 0.6) is 0 Å². The Kier molecular flexibility index (Phi) is 6.82. The quantitative estimate of drug-likeness (QED) is 0.552. The van der Waals surface area contributed by atoms with E-state index in [9.17, 15) is 0 Å². The van der Waals surface area contributed by atoms with Crippen LogP contribution in [0.4, 0.5) is 0 Å². The van der Waals surface area contributed by atoms with Crippen molar-refractivity contribution in [3.8, 4) is 0 Å². The number of hydrogen-bond acceptors (Lipinski definition) is 4. The SMILES string of the molecule is C1=CCCCSSSSC=C1. The third kappa shape index (κ3) is 6.08. The second kappa shape index (κ2) is 7.53. The van der Waals surface area contributed by atoms with Gasteiger partial charge < -0.3 is 0 Å². The van der Waals surface area contributed by atoms with Crippen LogP contribution in [0, 0.1) is 0 Å². The van der Waals surface area contributed by atoms with Gasteiger partial charge >= 0.3 is 0 Å². The van der Waals surface area contributed by atoms with Crippen molar-refractivity contribution in [3.05, 3.63) is 23.6 Å². The summed E-state index contributed by atoms with van der Waals surface area (Å²) < 4.78 is 0. The summed E-state index contributed by atoms with van der Waals surface area (Å²) in [6.07, 6.45) is 8.99. The molecule has 1 rings (SSSR count). The zero-order chi connectivity index (χ0) is 7.78. The molecule has 0 fully saturated rings. The van der Waals surface area contributed by atoms with Gasteiger partial charge in [0.15, 0.2) is 0 Å². The fraction of sp³-hybridized carbons (Fsp3) is 0.429. The summed E-state index contributed by atoms with van der Waals surface area (Å²) in [5.41, 5.74) is 0. The van der Waals surface area contributed by atoms with E-state index >= 15 is 0 Å². The van der Waals surface area contributed by atoms with Crippen LogP contribution in [-0.2, 0) is 0 Å². The monoisotopic (exact) mass is 222 g/mol. The molecule has 0 saturated heterocycles. The van der Waals surface area contributed by atoms with E-state index in [0.717, 1.165) is 0 Å². The Labute approximate surface area is 83.2 Å². The van der Waals surface area contributed by atoms with Gasteiger partial charge in [0.25, 0.3) is 0 Å². The molecule has 0 aromatic rings. The van der Waals surface area contributed by atoms with Crippen molar-refractivity contribution in [1.82, 2.24) is 0 Å². The Morgan fingerprint density at radius 1 is 1.09 bits per heavy atom. The van der Waals surface area contributed by atoms with Crippen molar-refractivity contribution in [2.75, 3.05) is 5.75 Å². The molecule has 11 heavy (non-hydrogen) atoms. The van der Waals surface area contributed by atoms with E-state index in [-0.39, 0.29) is 0 Å². The maximum absolute atomic E-state index is 2.23. The summed E-state index contributed by atoms with van der Waals surface area (Å²) in [7, 11) is 7.45. The molecule has 0 aromatic carbocycles. The minimum atomic E-state index is 1.22. The van der Waals surface area contributed by atoms with Gasteiger partial charge in [-0.2, -0.15) is 0 Å². The molecule has 0 bridgehead atoms. The summed E-state index contributed by atoms with van der Waals surface area (Å²) in [6, 6.07) is 0. The van der Waals surface area contributed by atoms with Crippen LogP contribution >= 0.6 is 41.2 Å². The van der Waals surface area contributed by atoms with Gasteiger partial charge in [0.1, 0.15) is 0 Å². The lowest BCUT2D eigenvalue weighted by atomic mass is 10.3. The zero-order valence-corrected chi connectivity index (χ0v) is 9.33. The highest BCUT2D eigenvalue weighted by molar-refractivity contribution is 9.26. The van der Waals surface area contributed by atoms with Gasteiger partial charge in [0, 0.05) is 5.75 Å². The Morgan fingerprint density at radius 2 is 2.09 bits per heavy atom. The first-order valence-corrected chi connectivity index (χ1v) is 8.48. The standard InChI is InChI=1S/C7H10S4/c1-2-4-6-8-10-11-9-7-5-3-1/h1-2,4,6H,3,5,7H2. The minimum Gasteiger partial charge on any atom is -0.0845 e. The Hall–Kier alpha value is 0.880. The Balaban J connectivity index is 2.22. The predicted molar refractivity (Wildman–Crippen MR) is 62.7 cm³/mol. The van der Waals surface area contributed by atoms with E-state index in [1.165, 1.54) is 18.6 Å². The van der Waals surface area contributed by atoms with Gasteiger partial charge in [-0.15, -0.1) is 0 Å². The van der Waals surface area contributed by atoms with Crippen molar-refractivity contribution in [1.29, 1.82) is 0 Å². The van der Waals surface area contributed by atoms with Crippen LogP contribution in [0.3, 0.4) is 0 Å². The first-order valence-electron chi connectivity index (χ1n) is 3.43. The summed E-state index contributed by atoms with van der Waals surface area (Å²) in [4.78, 5) is 0. The first-order chi connectivity index (χ1) is 5.50. The van der Waals surface area contributed by atoms with Gasteiger partial charge in [-0.1, -0.05) is 39.8 Å². The molecule has 1 aliphatic rings. The number of allylic oxidation sites excluding steroid dienone is 3. The van der Waals surface area contributed by atoms with Gasteiger partial charge in [0.05, 0.1) is 0 Å². The topological polar surface area (TPSA) is 0 Å². The molecule has 0 saturated carbocycles. The normalized spacial score (nSPS) is 21.1. The molecule has 0 amide bonds. The molecule has 0 unspecified atom stereocenters. The van der Waals surface area contributed by atoms with Crippen LogP contribution in [0.15, 0.2) is 23.6 Å². The van der Waals surface area contributed by atoms with Crippen molar-refractivity contribution in [2.24, 2.45) is 0 Å². The summed E-state index contributed by atoms with van der Waals surface area (Å²) in [5.74, 6) is 1.27. The molecule has 0 radical (unpaired) electrons. The van der Waals surface area contributed by atoms with Crippen molar-refractivity contribution in [3.63, 3.8) is 0 Å². The maximum atomic E-state index is 2.23. The summed E-state index contributed by atoms with van der Waals surface area (Å²) >= 11 is 0. The second-order valence-electron chi connectivity index (χ2n) is 1.95. The Morgan fingerprint density at radius 3 is 3.09 bits per heavy atom. The summed E-state index contributed by atoms with van der Waals surface area (Å²) in [5, 5.41) is 2.13. The molecule has 0 aromatic heterocycles. The van der Waals surface area contributed by atoms with Gasteiger partial charge in [-0.3, -0.25) is 0 Å². The number of rotatable bonds is 0. The van der Waals surface area contributed by atoms with E-state index in [2.05, 4.69) is 23.6 Å². The molecule has 1 aliphatic heterocycles. The molecule has 4 heteroatoms. The molecule has 62 valence electrons.